The number of ether oxygens (including phenoxy) is 1. The molecule has 0 aliphatic carbocycles. The van der Waals surface area contributed by atoms with E-state index in [9.17, 15) is 4.79 Å². The zero-order chi connectivity index (χ0) is 11.5. The first-order valence-corrected chi connectivity index (χ1v) is 5.38. The summed E-state index contributed by atoms with van der Waals surface area (Å²) >= 11 is 0. The van der Waals surface area contributed by atoms with E-state index in [-0.39, 0.29) is 11.9 Å². The maximum absolute atomic E-state index is 11.7. The number of nitrogens with zero attached hydrogens (tertiary/aromatic N) is 1. The predicted molar refractivity (Wildman–Crippen MR) is 61.0 cm³/mol. The zero-order valence-electron chi connectivity index (χ0n) is 9.35. The van der Waals surface area contributed by atoms with E-state index in [1.54, 1.807) is 12.0 Å². The first-order chi connectivity index (χ1) is 7.72. The Morgan fingerprint density at radius 2 is 2.25 bits per heavy atom. The van der Waals surface area contributed by atoms with Crippen LogP contribution in [0, 0.1) is 0 Å². The van der Waals surface area contributed by atoms with Crippen molar-refractivity contribution in [2.24, 2.45) is 5.73 Å². The van der Waals surface area contributed by atoms with Crippen molar-refractivity contribution in [3.63, 3.8) is 0 Å². The number of methoxy groups -OCH3 is 1. The van der Waals surface area contributed by atoms with Crippen LogP contribution in [0.25, 0.3) is 0 Å². The van der Waals surface area contributed by atoms with Crippen LogP contribution < -0.4 is 10.5 Å². The summed E-state index contributed by atoms with van der Waals surface area (Å²) in [6, 6.07) is 7.40. The van der Waals surface area contributed by atoms with Crippen molar-refractivity contribution in [1.29, 1.82) is 0 Å². The van der Waals surface area contributed by atoms with Gasteiger partial charge in [0.25, 0.3) is 0 Å². The Morgan fingerprint density at radius 3 is 2.88 bits per heavy atom. The molecule has 1 unspecified atom stereocenters. The van der Waals surface area contributed by atoms with Crippen LogP contribution in [0.3, 0.4) is 0 Å². The van der Waals surface area contributed by atoms with E-state index in [1.165, 1.54) is 0 Å². The highest BCUT2D eigenvalue weighted by Crippen LogP contribution is 2.21. The second kappa shape index (κ2) is 4.53. The van der Waals surface area contributed by atoms with E-state index < -0.39 is 0 Å². The van der Waals surface area contributed by atoms with Gasteiger partial charge in [0.05, 0.1) is 13.2 Å². The van der Waals surface area contributed by atoms with Crippen LogP contribution in [-0.2, 0) is 11.3 Å². The monoisotopic (exact) mass is 220 g/mol. The van der Waals surface area contributed by atoms with E-state index in [0.29, 0.717) is 6.54 Å². The average Bonchev–Trinajstić information content (AvgIpc) is 2.62. The third-order valence-corrected chi connectivity index (χ3v) is 2.89. The summed E-state index contributed by atoms with van der Waals surface area (Å²) in [6.07, 6.45) is 0.744. The number of carbonyl (C=O) groups excluding carboxylic acids is 1. The second-order valence-corrected chi connectivity index (χ2v) is 3.97. The topological polar surface area (TPSA) is 55.6 Å². The lowest BCUT2D eigenvalue weighted by Gasteiger charge is -2.17. The van der Waals surface area contributed by atoms with Crippen LogP contribution in [-0.4, -0.2) is 30.5 Å². The fraction of sp³-hybridized carbons (Fsp3) is 0.417. The number of hydrogen-bond acceptors (Lipinski definition) is 3. The third kappa shape index (κ3) is 2.02. The molecule has 1 heterocycles. The van der Waals surface area contributed by atoms with Crippen LogP contribution >= 0.6 is 0 Å². The van der Waals surface area contributed by atoms with E-state index in [1.807, 2.05) is 24.3 Å². The molecule has 1 atom stereocenters. The van der Waals surface area contributed by atoms with Gasteiger partial charge in [-0.25, -0.2) is 0 Å². The molecule has 86 valence electrons. The molecule has 0 spiro atoms. The first-order valence-electron chi connectivity index (χ1n) is 5.38. The molecule has 1 amide bonds. The van der Waals surface area contributed by atoms with E-state index in [4.69, 9.17) is 10.5 Å². The number of para-hydroxylation sites is 1. The van der Waals surface area contributed by atoms with Crippen molar-refractivity contribution in [3.05, 3.63) is 29.8 Å². The Bertz CT molecular complexity index is 392. The highest BCUT2D eigenvalue weighted by molar-refractivity contribution is 5.83. The van der Waals surface area contributed by atoms with Crippen molar-refractivity contribution < 1.29 is 9.53 Å². The SMILES string of the molecule is COc1ccccc1CN1CCC(N)C1=O. The maximum Gasteiger partial charge on any atom is 0.239 e. The third-order valence-electron chi connectivity index (χ3n) is 2.89. The maximum atomic E-state index is 11.7. The lowest BCUT2D eigenvalue weighted by atomic mass is 10.2. The first kappa shape index (κ1) is 11.0. The minimum atomic E-state index is -0.324. The van der Waals surface area contributed by atoms with Crippen LogP contribution in [0.5, 0.6) is 5.75 Å². The Kier molecular flexibility index (Phi) is 3.10. The number of carbonyl (C=O) groups is 1. The molecule has 0 bridgehead atoms. The predicted octanol–water partition coefficient (Wildman–Crippen LogP) is 0.755. The summed E-state index contributed by atoms with van der Waals surface area (Å²) in [5, 5.41) is 0. The highest BCUT2D eigenvalue weighted by Gasteiger charge is 2.28. The smallest absolute Gasteiger partial charge is 0.239 e. The summed E-state index contributed by atoms with van der Waals surface area (Å²) in [7, 11) is 1.64. The molecule has 1 aliphatic heterocycles. The molecule has 1 aliphatic rings. The van der Waals surface area contributed by atoms with E-state index in [2.05, 4.69) is 0 Å². The lowest BCUT2D eigenvalue weighted by molar-refractivity contribution is -0.129. The molecule has 0 radical (unpaired) electrons. The van der Waals surface area contributed by atoms with Crippen molar-refractivity contribution in [1.82, 2.24) is 4.90 Å². The highest BCUT2D eigenvalue weighted by atomic mass is 16.5. The number of benzene rings is 1. The minimum absolute atomic E-state index is 0.0332. The van der Waals surface area contributed by atoms with Crippen molar-refractivity contribution >= 4 is 5.91 Å². The molecule has 1 aromatic rings. The molecule has 2 N–H and O–H groups in total. The van der Waals surface area contributed by atoms with Gasteiger partial charge in [-0.05, 0) is 12.5 Å². The largest absolute Gasteiger partial charge is 0.496 e. The van der Waals surface area contributed by atoms with Gasteiger partial charge in [0.15, 0.2) is 0 Å². The number of rotatable bonds is 3. The number of hydrogen-bond donors (Lipinski definition) is 1. The summed E-state index contributed by atoms with van der Waals surface area (Å²) in [5.41, 5.74) is 6.69. The van der Waals surface area contributed by atoms with Crippen molar-refractivity contribution in [2.45, 2.75) is 19.0 Å². The molecule has 4 heteroatoms. The van der Waals surface area contributed by atoms with Gasteiger partial charge in [0.2, 0.25) is 5.91 Å². The number of amides is 1. The van der Waals surface area contributed by atoms with Gasteiger partial charge < -0.3 is 15.4 Å². The Hall–Kier alpha value is -1.55. The Balaban J connectivity index is 2.12. The zero-order valence-corrected chi connectivity index (χ0v) is 9.35. The minimum Gasteiger partial charge on any atom is -0.496 e. The van der Waals surface area contributed by atoms with Crippen LogP contribution in [0.4, 0.5) is 0 Å². The summed E-state index contributed by atoms with van der Waals surface area (Å²) < 4.78 is 5.25. The van der Waals surface area contributed by atoms with Crippen LogP contribution in [0.2, 0.25) is 0 Å². The van der Waals surface area contributed by atoms with Gasteiger partial charge in [0.1, 0.15) is 5.75 Å². The molecule has 1 fully saturated rings. The molecule has 4 nitrogen and oxygen atoms in total. The number of nitrogens with two attached hydrogens (primary N) is 1. The van der Waals surface area contributed by atoms with Crippen molar-refractivity contribution in [2.75, 3.05) is 13.7 Å². The fourth-order valence-electron chi connectivity index (χ4n) is 1.96. The summed E-state index contributed by atoms with van der Waals surface area (Å²) in [6.45, 7) is 1.31. The van der Waals surface area contributed by atoms with E-state index in [0.717, 1.165) is 24.3 Å². The summed E-state index contributed by atoms with van der Waals surface area (Å²) in [4.78, 5) is 13.4. The molecule has 1 aromatic carbocycles. The molecule has 16 heavy (non-hydrogen) atoms. The lowest BCUT2D eigenvalue weighted by Crippen LogP contribution is -2.33. The van der Waals surface area contributed by atoms with Gasteiger partial charge in [-0.3, -0.25) is 4.79 Å². The summed E-state index contributed by atoms with van der Waals surface area (Å²) in [5.74, 6) is 0.849. The second-order valence-electron chi connectivity index (χ2n) is 3.97. The van der Waals surface area contributed by atoms with Gasteiger partial charge in [-0.1, -0.05) is 18.2 Å². The molecular weight excluding hydrogens is 204 g/mol. The van der Waals surface area contributed by atoms with Crippen molar-refractivity contribution in [3.8, 4) is 5.75 Å². The Morgan fingerprint density at radius 1 is 1.50 bits per heavy atom. The van der Waals surface area contributed by atoms with Crippen LogP contribution in [0.15, 0.2) is 24.3 Å². The van der Waals surface area contributed by atoms with E-state index >= 15 is 0 Å². The molecule has 2 rings (SSSR count). The molecule has 0 saturated carbocycles. The molecular formula is C12H16N2O2. The average molecular weight is 220 g/mol. The quantitative estimate of drug-likeness (QED) is 0.818. The molecule has 0 aromatic heterocycles. The standard InChI is InChI=1S/C12H16N2O2/c1-16-11-5-3-2-4-9(11)8-14-7-6-10(13)12(14)15/h2-5,10H,6-8,13H2,1H3. The van der Waals surface area contributed by atoms with Gasteiger partial charge in [0, 0.05) is 18.7 Å². The number of likely N-dealkylation sites (tertiary alicyclic amines) is 1. The fourth-order valence-corrected chi connectivity index (χ4v) is 1.96. The van der Waals surface area contributed by atoms with Crippen LogP contribution in [0.1, 0.15) is 12.0 Å². The Labute approximate surface area is 95.0 Å². The van der Waals surface area contributed by atoms with Gasteiger partial charge >= 0.3 is 0 Å². The normalized spacial score (nSPS) is 20.2. The van der Waals surface area contributed by atoms with Gasteiger partial charge in [-0.2, -0.15) is 0 Å². The molecule has 1 saturated heterocycles. The van der Waals surface area contributed by atoms with Gasteiger partial charge in [-0.15, -0.1) is 0 Å².